The molecule has 0 aromatic heterocycles. The van der Waals surface area contributed by atoms with E-state index < -0.39 is 0 Å². The zero-order chi connectivity index (χ0) is 16.1. The van der Waals surface area contributed by atoms with Crippen LogP contribution in [0.5, 0.6) is 17.2 Å². The normalized spacial score (nSPS) is 19.4. The zero-order valence-electron chi connectivity index (χ0n) is 14.3. The molecule has 0 bridgehead atoms. The molecule has 1 fully saturated rings. The number of aryl methyl sites for hydroxylation is 1. The fourth-order valence-electron chi connectivity index (χ4n) is 3.18. The molecule has 5 heteroatoms. The molecule has 1 aromatic carbocycles. The number of hydrogen-bond acceptors (Lipinski definition) is 5. The maximum absolute atomic E-state index is 5.80. The van der Waals surface area contributed by atoms with Crippen molar-refractivity contribution in [1.29, 1.82) is 0 Å². The Morgan fingerprint density at radius 2 is 1.74 bits per heavy atom. The van der Waals surface area contributed by atoms with Gasteiger partial charge >= 0.3 is 0 Å². The van der Waals surface area contributed by atoms with Gasteiger partial charge < -0.3 is 24.0 Å². The second-order valence-corrected chi connectivity index (χ2v) is 6.41. The summed E-state index contributed by atoms with van der Waals surface area (Å²) in [6, 6.07) is 4.08. The van der Waals surface area contributed by atoms with Gasteiger partial charge in [0.15, 0.2) is 11.5 Å². The average Bonchev–Trinajstić information content (AvgIpc) is 2.80. The lowest BCUT2D eigenvalue weighted by molar-refractivity contribution is 0.153. The Labute approximate surface area is 139 Å². The standard InChI is InChI=1S/C18H28N2O3/c1-19-7-9-20(10-8-19)6-3-5-15-13-17-18(14-16(15)21-2)23-12-4-11-22-17/h13-14H,3-12H2,1-2H3. The third-order valence-corrected chi connectivity index (χ3v) is 4.67. The molecular weight excluding hydrogens is 292 g/mol. The Hall–Kier alpha value is -1.46. The van der Waals surface area contributed by atoms with Crippen molar-refractivity contribution >= 4 is 0 Å². The number of nitrogens with zero attached hydrogens (tertiary/aromatic N) is 2. The Morgan fingerprint density at radius 3 is 2.43 bits per heavy atom. The van der Waals surface area contributed by atoms with E-state index in [1.165, 1.54) is 31.7 Å². The van der Waals surface area contributed by atoms with E-state index in [1.807, 2.05) is 6.07 Å². The van der Waals surface area contributed by atoms with Crippen molar-refractivity contribution in [2.24, 2.45) is 0 Å². The number of benzene rings is 1. The van der Waals surface area contributed by atoms with E-state index >= 15 is 0 Å². The van der Waals surface area contributed by atoms with Crippen LogP contribution in [0, 0.1) is 0 Å². The topological polar surface area (TPSA) is 34.2 Å². The van der Waals surface area contributed by atoms with E-state index in [2.05, 4.69) is 22.9 Å². The van der Waals surface area contributed by atoms with E-state index in [-0.39, 0.29) is 0 Å². The number of hydrogen-bond donors (Lipinski definition) is 0. The summed E-state index contributed by atoms with van der Waals surface area (Å²) in [5.41, 5.74) is 1.21. The third-order valence-electron chi connectivity index (χ3n) is 4.67. The number of methoxy groups -OCH3 is 1. The molecule has 0 atom stereocenters. The summed E-state index contributed by atoms with van der Waals surface area (Å²) in [4.78, 5) is 4.94. The van der Waals surface area contributed by atoms with Gasteiger partial charge in [0.25, 0.3) is 0 Å². The average molecular weight is 320 g/mol. The van der Waals surface area contributed by atoms with Gasteiger partial charge in [-0.3, -0.25) is 0 Å². The minimum atomic E-state index is 0.707. The van der Waals surface area contributed by atoms with Crippen molar-refractivity contribution in [1.82, 2.24) is 9.80 Å². The number of ether oxygens (including phenoxy) is 3. The van der Waals surface area contributed by atoms with E-state index in [1.54, 1.807) is 7.11 Å². The lowest BCUT2D eigenvalue weighted by Crippen LogP contribution is -2.44. The SMILES string of the molecule is COc1cc2c(cc1CCCN1CCN(C)CC1)OCCCO2. The number of piperazine rings is 1. The quantitative estimate of drug-likeness (QED) is 0.829. The van der Waals surface area contributed by atoms with Crippen LogP contribution in [0.2, 0.25) is 0 Å². The monoisotopic (exact) mass is 320 g/mol. The summed E-state index contributed by atoms with van der Waals surface area (Å²) >= 11 is 0. The zero-order valence-corrected chi connectivity index (χ0v) is 14.3. The molecule has 0 spiro atoms. The molecule has 0 saturated carbocycles. The van der Waals surface area contributed by atoms with Gasteiger partial charge in [0.05, 0.1) is 20.3 Å². The van der Waals surface area contributed by atoms with Crippen LogP contribution in [0.15, 0.2) is 12.1 Å². The molecule has 0 radical (unpaired) electrons. The largest absolute Gasteiger partial charge is 0.496 e. The van der Waals surface area contributed by atoms with Crippen LogP contribution in [0.3, 0.4) is 0 Å². The van der Waals surface area contributed by atoms with Crippen LogP contribution in [-0.4, -0.2) is 69.9 Å². The van der Waals surface area contributed by atoms with Gasteiger partial charge in [0.2, 0.25) is 0 Å². The van der Waals surface area contributed by atoms with Crippen LogP contribution < -0.4 is 14.2 Å². The first kappa shape index (κ1) is 16.4. The smallest absolute Gasteiger partial charge is 0.164 e. The molecule has 2 aliphatic rings. The molecule has 2 aliphatic heterocycles. The molecule has 0 amide bonds. The molecular formula is C18H28N2O3. The van der Waals surface area contributed by atoms with Crippen LogP contribution >= 0.6 is 0 Å². The fraction of sp³-hybridized carbons (Fsp3) is 0.667. The molecule has 23 heavy (non-hydrogen) atoms. The highest BCUT2D eigenvalue weighted by atomic mass is 16.5. The van der Waals surface area contributed by atoms with Gasteiger partial charge in [-0.05, 0) is 38.1 Å². The summed E-state index contributed by atoms with van der Waals surface area (Å²) in [5, 5.41) is 0. The first-order chi connectivity index (χ1) is 11.3. The van der Waals surface area contributed by atoms with Crippen LogP contribution in [-0.2, 0) is 6.42 Å². The summed E-state index contributed by atoms with van der Waals surface area (Å²) < 4.78 is 17.1. The van der Waals surface area contributed by atoms with Crippen molar-refractivity contribution in [3.8, 4) is 17.2 Å². The predicted molar refractivity (Wildman–Crippen MR) is 90.9 cm³/mol. The van der Waals surface area contributed by atoms with Crippen molar-refractivity contribution in [3.05, 3.63) is 17.7 Å². The van der Waals surface area contributed by atoms with Gasteiger partial charge in [-0.15, -0.1) is 0 Å². The molecule has 0 N–H and O–H groups in total. The second-order valence-electron chi connectivity index (χ2n) is 6.41. The fourth-order valence-corrected chi connectivity index (χ4v) is 3.18. The third kappa shape index (κ3) is 4.30. The first-order valence-electron chi connectivity index (χ1n) is 8.63. The first-order valence-corrected chi connectivity index (χ1v) is 8.63. The van der Waals surface area contributed by atoms with Gasteiger partial charge in [0.1, 0.15) is 5.75 Å². The Morgan fingerprint density at radius 1 is 1.04 bits per heavy atom. The van der Waals surface area contributed by atoms with Gasteiger partial charge in [-0.25, -0.2) is 0 Å². The summed E-state index contributed by atoms with van der Waals surface area (Å²) in [5.74, 6) is 2.58. The number of rotatable bonds is 5. The molecule has 5 nitrogen and oxygen atoms in total. The van der Waals surface area contributed by atoms with E-state index in [4.69, 9.17) is 14.2 Å². The van der Waals surface area contributed by atoms with Crippen molar-refractivity contribution in [2.45, 2.75) is 19.3 Å². The lowest BCUT2D eigenvalue weighted by Gasteiger charge is -2.32. The minimum Gasteiger partial charge on any atom is -0.496 e. The maximum atomic E-state index is 5.80. The molecule has 1 saturated heterocycles. The second kappa shape index (κ2) is 7.88. The van der Waals surface area contributed by atoms with E-state index in [0.29, 0.717) is 6.61 Å². The Balaban J connectivity index is 1.59. The van der Waals surface area contributed by atoms with Gasteiger partial charge in [-0.1, -0.05) is 0 Å². The molecule has 2 heterocycles. The van der Waals surface area contributed by atoms with Crippen LogP contribution in [0.25, 0.3) is 0 Å². The molecule has 0 unspecified atom stereocenters. The molecule has 3 rings (SSSR count). The minimum absolute atomic E-state index is 0.707. The summed E-state index contributed by atoms with van der Waals surface area (Å²) in [6.45, 7) is 7.27. The molecule has 1 aromatic rings. The van der Waals surface area contributed by atoms with Crippen molar-refractivity contribution < 1.29 is 14.2 Å². The number of likely N-dealkylation sites (N-methyl/N-ethyl adjacent to an activating group) is 1. The van der Waals surface area contributed by atoms with Gasteiger partial charge in [-0.2, -0.15) is 0 Å². The summed E-state index contributed by atoms with van der Waals surface area (Å²) in [6.07, 6.45) is 3.07. The highest BCUT2D eigenvalue weighted by Crippen LogP contribution is 2.36. The number of fused-ring (bicyclic) bond motifs is 1. The highest BCUT2D eigenvalue weighted by Gasteiger charge is 2.17. The summed E-state index contributed by atoms with van der Waals surface area (Å²) in [7, 11) is 3.92. The molecule has 128 valence electrons. The maximum Gasteiger partial charge on any atom is 0.164 e. The van der Waals surface area contributed by atoms with Gasteiger partial charge in [0, 0.05) is 38.7 Å². The van der Waals surface area contributed by atoms with Crippen molar-refractivity contribution in [2.75, 3.05) is 60.1 Å². The highest BCUT2D eigenvalue weighted by molar-refractivity contribution is 5.51. The van der Waals surface area contributed by atoms with E-state index in [9.17, 15) is 0 Å². The lowest BCUT2D eigenvalue weighted by atomic mass is 10.1. The van der Waals surface area contributed by atoms with E-state index in [0.717, 1.165) is 49.7 Å². The van der Waals surface area contributed by atoms with Crippen LogP contribution in [0.4, 0.5) is 0 Å². The Kier molecular flexibility index (Phi) is 5.62. The Bertz CT molecular complexity index is 513. The van der Waals surface area contributed by atoms with Crippen molar-refractivity contribution in [3.63, 3.8) is 0 Å². The molecule has 0 aliphatic carbocycles. The predicted octanol–water partition coefficient (Wildman–Crippen LogP) is 2.04. The van der Waals surface area contributed by atoms with Crippen LogP contribution in [0.1, 0.15) is 18.4 Å².